The van der Waals surface area contributed by atoms with E-state index in [1.165, 1.54) is 5.56 Å². The first-order valence-electron chi connectivity index (χ1n) is 5.68. The second-order valence-electron chi connectivity index (χ2n) is 4.49. The summed E-state index contributed by atoms with van der Waals surface area (Å²) in [6.07, 6.45) is 0. The molecule has 0 heterocycles. The maximum atomic E-state index is 9.44. The lowest BCUT2D eigenvalue weighted by atomic mass is 10.0. The average Bonchev–Trinajstić information content (AvgIpc) is 2.29. The van der Waals surface area contributed by atoms with Gasteiger partial charge < -0.3 is 10.0 Å². The van der Waals surface area contributed by atoms with E-state index >= 15 is 0 Å². The molecule has 0 saturated carbocycles. The first-order chi connectivity index (χ1) is 8.15. The monoisotopic (exact) mass is 227 g/mol. The van der Waals surface area contributed by atoms with Crippen LogP contribution in [0, 0.1) is 0 Å². The second kappa shape index (κ2) is 5.02. The molecule has 0 spiro atoms. The van der Waals surface area contributed by atoms with E-state index in [4.69, 9.17) is 0 Å². The Hall–Kier alpha value is -1.80. The van der Waals surface area contributed by atoms with E-state index in [1.54, 1.807) is 12.1 Å². The second-order valence-corrected chi connectivity index (χ2v) is 4.49. The van der Waals surface area contributed by atoms with Crippen molar-refractivity contribution in [3.05, 3.63) is 54.1 Å². The van der Waals surface area contributed by atoms with Gasteiger partial charge in [-0.3, -0.25) is 0 Å². The van der Waals surface area contributed by atoms with Crippen LogP contribution < -0.4 is 0 Å². The van der Waals surface area contributed by atoms with Gasteiger partial charge in [0, 0.05) is 6.54 Å². The lowest BCUT2D eigenvalue weighted by Crippen LogP contribution is -2.10. The topological polar surface area (TPSA) is 23.5 Å². The quantitative estimate of drug-likeness (QED) is 0.870. The molecule has 0 saturated heterocycles. The highest BCUT2D eigenvalue weighted by Crippen LogP contribution is 2.23. The number of phenols is 1. The summed E-state index contributed by atoms with van der Waals surface area (Å²) in [5, 5.41) is 9.44. The van der Waals surface area contributed by atoms with Gasteiger partial charge >= 0.3 is 0 Å². The number of hydrogen-bond acceptors (Lipinski definition) is 2. The van der Waals surface area contributed by atoms with Crippen molar-refractivity contribution in [1.29, 1.82) is 0 Å². The minimum absolute atomic E-state index is 0.305. The summed E-state index contributed by atoms with van der Waals surface area (Å²) in [4.78, 5) is 2.14. The molecule has 0 aliphatic rings. The number of phenolic OH excluding ortho intramolecular Hbond substituents is 1. The van der Waals surface area contributed by atoms with Gasteiger partial charge in [-0.05, 0) is 42.9 Å². The third-order valence-corrected chi connectivity index (χ3v) is 2.63. The molecule has 0 fully saturated rings. The molecule has 0 bridgehead atoms. The molecular weight excluding hydrogens is 210 g/mol. The van der Waals surface area contributed by atoms with Crippen LogP contribution in [0.3, 0.4) is 0 Å². The molecule has 0 radical (unpaired) electrons. The molecular formula is C15H17NO. The van der Waals surface area contributed by atoms with Crippen LogP contribution >= 0.6 is 0 Å². The maximum Gasteiger partial charge on any atom is 0.116 e. The van der Waals surface area contributed by atoms with Crippen molar-refractivity contribution in [3.63, 3.8) is 0 Å². The smallest absolute Gasteiger partial charge is 0.116 e. The summed E-state index contributed by atoms with van der Waals surface area (Å²) in [6, 6.07) is 15.8. The number of hydrogen-bond donors (Lipinski definition) is 1. The SMILES string of the molecule is CN(C)Cc1ccc(-c2cccc(O)c2)cc1. The Morgan fingerprint density at radius 1 is 0.941 bits per heavy atom. The maximum absolute atomic E-state index is 9.44. The molecule has 17 heavy (non-hydrogen) atoms. The predicted molar refractivity (Wildman–Crippen MR) is 70.9 cm³/mol. The van der Waals surface area contributed by atoms with Crippen LogP contribution in [-0.2, 0) is 6.54 Å². The Morgan fingerprint density at radius 2 is 1.65 bits per heavy atom. The minimum atomic E-state index is 0.305. The first kappa shape index (κ1) is 11.7. The van der Waals surface area contributed by atoms with E-state index in [1.807, 2.05) is 12.1 Å². The lowest BCUT2D eigenvalue weighted by molar-refractivity contribution is 0.402. The van der Waals surface area contributed by atoms with E-state index in [2.05, 4.69) is 43.3 Å². The molecule has 2 heteroatoms. The Kier molecular flexibility index (Phi) is 3.45. The highest BCUT2D eigenvalue weighted by Gasteiger charge is 2.00. The Labute approximate surface area is 102 Å². The summed E-state index contributed by atoms with van der Waals surface area (Å²) in [7, 11) is 4.12. The van der Waals surface area contributed by atoms with Crippen LogP contribution in [0.1, 0.15) is 5.56 Å². The molecule has 0 aromatic heterocycles. The molecule has 2 aromatic rings. The van der Waals surface area contributed by atoms with E-state index in [9.17, 15) is 5.11 Å². The van der Waals surface area contributed by atoms with Gasteiger partial charge in [-0.2, -0.15) is 0 Å². The van der Waals surface area contributed by atoms with Crippen LogP contribution in [0.4, 0.5) is 0 Å². The molecule has 2 aromatic carbocycles. The third-order valence-electron chi connectivity index (χ3n) is 2.63. The number of benzene rings is 2. The van der Waals surface area contributed by atoms with Crippen LogP contribution in [0.15, 0.2) is 48.5 Å². The molecule has 0 aliphatic heterocycles. The summed E-state index contributed by atoms with van der Waals surface area (Å²) >= 11 is 0. The predicted octanol–water partition coefficient (Wildman–Crippen LogP) is 3.12. The summed E-state index contributed by atoms with van der Waals surface area (Å²) in [6.45, 7) is 0.945. The van der Waals surface area contributed by atoms with Crippen molar-refractivity contribution in [2.75, 3.05) is 14.1 Å². The van der Waals surface area contributed by atoms with E-state index in [0.717, 1.165) is 17.7 Å². The fourth-order valence-corrected chi connectivity index (χ4v) is 1.85. The third kappa shape index (κ3) is 3.08. The van der Waals surface area contributed by atoms with Gasteiger partial charge in [-0.15, -0.1) is 0 Å². The van der Waals surface area contributed by atoms with Crippen molar-refractivity contribution >= 4 is 0 Å². The lowest BCUT2D eigenvalue weighted by Gasteiger charge is -2.10. The standard InChI is InChI=1S/C15H17NO/c1-16(2)11-12-6-8-13(9-7-12)14-4-3-5-15(17)10-14/h3-10,17H,11H2,1-2H3. The first-order valence-corrected chi connectivity index (χ1v) is 5.68. The van der Waals surface area contributed by atoms with E-state index in [-0.39, 0.29) is 0 Å². The molecule has 0 unspecified atom stereocenters. The number of nitrogens with zero attached hydrogens (tertiary/aromatic N) is 1. The molecule has 0 amide bonds. The van der Waals surface area contributed by atoms with Crippen molar-refractivity contribution in [1.82, 2.24) is 4.90 Å². The van der Waals surface area contributed by atoms with Crippen LogP contribution in [0.25, 0.3) is 11.1 Å². The van der Waals surface area contributed by atoms with Crippen molar-refractivity contribution in [3.8, 4) is 16.9 Å². The summed E-state index contributed by atoms with van der Waals surface area (Å²) < 4.78 is 0. The Morgan fingerprint density at radius 3 is 2.24 bits per heavy atom. The van der Waals surface area contributed by atoms with Crippen LogP contribution in [-0.4, -0.2) is 24.1 Å². The Bertz CT molecular complexity index is 489. The van der Waals surface area contributed by atoms with Gasteiger partial charge in [-0.25, -0.2) is 0 Å². The van der Waals surface area contributed by atoms with E-state index < -0.39 is 0 Å². The molecule has 1 N–H and O–H groups in total. The van der Waals surface area contributed by atoms with Gasteiger partial charge in [-0.1, -0.05) is 36.4 Å². The van der Waals surface area contributed by atoms with Crippen molar-refractivity contribution < 1.29 is 5.11 Å². The fraction of sp³-hybridized carbons (Fsp3) is 0.200. The van der Waals surface area contributed by atoms with Gasteiger partial charge in [0.1, 0.15) is 5.75 Å². The highest BCUT2D eigenvalue weighted by molar-refractivity contribution is 5.65. The highest BCUT2D eigenvalue weighted by atomic mass is 16.3. The van der Waals surface area contributed by atoms with Gasteiger partial charge in [0.15, 0.2) is 0 Å². The number of rotatable bonds is 3. The normalized spacial score (nSPS) is 10.8. The summed E-state index contributed by atoms with van der Waals surface area (Å²) in [5.41, 5.74) is 3.46. The molecule has 88 valence electrons. The summed E-state index contributed by atoms with van der Waals surface area (Å²) in [5.74, 6) is 0.305. The molecule has 2 rings (SSSR count). The fourth-order valence-electron chi connectivity index (χ4n) is 1.85. The zero-order valence-electron chi connectivity index (χ0n) is 10.2. The zero-order valence-corrected chi connectivity index (χ0v) is 10.2. The van der Waals surface area contributed by atoms with Crippen molar-refractivity contribution in [2.24, 2.45) is 0 Å². The average molecular weight is 227 g/mol. The van der Waals surface area contributed by atoms with Crippen LogP contribution in [0.2, 0.25) is 0 Å². The zero-order chi connectivity index (χ0) is 12.3. The molecule has 0 atom stereocenters. The number of aromatic hydroxyl groups is 1. The molecule has 2 nitrogen and oxygen atoms in total. The molecule has 0 aliphatic carbocycles. The van der Waals surface area contributed by atoms with Gasteiger partial charge in [0.25, 0.3) is 0 Å². The van der Waals surface area contributed by atoms with E-state index in [0.29, 0.717) is 5.75 Å². The van der Waals surface area contributed by atoms with Crippen molar-refractivity contribution in [2.45, 2.75) is 6.54 Å². The van der Waals surface area contributed by atoms with Crippen LogP contribution in [0.5, 0.6) is 5.75 Å². The minimum Gasteiger partial charge on any atom is -0.508 e. The van der Waals surface area contributed by atoms with Gasteiger partial charge in [0.2, 0.25) is 0 Å². The van der Waals surface area contributed by atoms with Gasteiger partial charge in [0.05, 0.1) is 0 Å². The largest absolute Gasteiger partial charge is 0.508 e. The Balaban J connectivity index is 2.23.